The van der Waals surface area contributed by atoms with E-state index in [0.717, 1.165) is 19.5 Å². The Kier molecular flexibility index (Phi) is 3.94. The Morgan fingerprint density at radius 2 is 2.33 bits per heavy atom. The molecule has 18 heavy (non-hydrogen) atoms. The highest BCUT2D eigenvalue weighted by Crippen LogP contribution is 2.19. The van der Waals surface area contributed by atoms with Gasteiger partial charge in [-0.25, -0.2) is 4.39 Å². The smallest absolute Gasteiger partial charge is 0.253 e. The highest BCUT2D eigenvalue weighted by atomic mass is 19.1. The van der Waals surface area contributed by atoms with Crippen molar-refractivity contribution in [2.24, 2.45) is 5.73 Å². The molecular formula is C13H16FN3O. The van der Waals surface area contributed by atoms with Gasteiger partial charge in [0.15, 0.2) is 0 Å². The number of hydrogen-bond donors (Lipinski definition) is 3. The van der Waals surface area contributed by atoms with E-state index in [1.165, 1.54) is 11.6 Å². The van der Waals surface area contributed by atoms with Crippen molar-refractivity contribution in [1.29, 1.82) is 0 Å². The first kappa shape index (κ1) is 12.6. The topological polar surface area (TPSA) is 67.2 Å². The zero-order valence-electron chi connectivity index (χ0n) is 10.0. The van der Waals surface area contributed by atoms with E-state index in [2.05, 4.69) is 16.7 Å². The molecule has 0 fully saturated rings. The predicted octanol–water partition coefficient (Wildman–Crippen LogP) is 1.26. The summed E-state index contributed by atoms with van der Waals surface area (Å²) in [4.78, 5) is 11.2. The number of nitrogens with one attached hydrogen (secondary N) is 2. The third-order valence-corrected chi connectivity index (χ3v) is 2.92. The summed E-state index contributed by atoms with van der Waals surface area (Å²) < 4.78 is 13.5. The van der Waals surface area contributed by atoms with Crippen LogP contribution in [-0.2, 0) is 0 Å². The van der Waals surface area contributed by atoms with Gasteiger partial charge in [0, 0.05) is 13.1 Å². The van der Waals surface area contributed by atoms with E-state index in [9.17, 15) is 9.18 Å². The summed E-state index contributed by atoms with van der Waals surface area (Å²) in [7, 11) is 0. The van der Waals surface area contributed by atoms with Gasteiger partial charge in [0.1, 0.15) is 5.82 Å². The van der Waals surface area contributed by atoms with Crippen molar-refractivity contribution in [3.63, 3.8) is 0 Å². The van der Waals surface area contributed by atoms with Crippen molar-refractivity contribution in [2.75, 3.05) is 25.0 Å². The summed E-state index contributed by atoms with van der Waals surface area (Å²) >= 11 is 0. The van der Waals surface area contributed by atoms with Crippen LogP contribution in [0.2, 0.25) is 0 Å². The Hall–Kier alpha value is -1.88. The van der Waals surface area contributed by atoms with E-state index in [0.29, 0.717) is 12.2 Å². The molecule has 5 heteroatoms. The van der Waals surface area contributed by atoms with Gasteiger partial charge >= 0.3 is 0 Å². The maximum absolute atomic E-state index is 13.5. The van der Waals surface area contributed by atoms with Crippen LogP contribution in [0.25, 0.3) is 0 Å². The molecule has 1 aliphatic heterocycles. The lowest BCUT2D eigenvalue weighted by atomic mass is 10.1. The number of rotatable bonds is 4. The Balaban J connectivity index is 2.11. The Bertz CT molecular complexity index is 485. The standard InChI is InChI=1S/C13H16FN3O/c14-10-2-1-3-11(12(10)13(15)18)17-8-9-4-6-16-7-5-9/h1-4,16-17H,5-8H2,(H2,15,18). The van der Waals surface area contributed by atoms with Crippen LogP contribution in [-0.4, -0.2) is 25.5 Å². The fraction of sp³-hybridized carbons (Fsp3) is 0.308. The largest absolute Gasteiger partial charge is 0.381 e. The Morgan fingerprint density at radius 3 is 3.00 bits per heavy atom. The molecule has 4 nitrogen and oxygen atoms in total. The highest BCUT2D eigenvalue weighted by Gasteiger charge is 2.13. The average Bonchev–Trinajstić information content (AvgIpc) is 2.37. The number of halogens is 1. The number of amides is 1. The van der Waals surface area contributed by atoms with Gasteiger partial charge in [-0.3, -0.25) is 4.79 Å². The van der Waals surface area contributed by atoms with E-state index >= 15 is 0 Å². The highest BCUT2D eigenvalue weighted by molar-refractivity contribution is 5.98. The summed E-state index contributed by atoms with van der Waals surface area (Å²) in [5.41, 5.74) is 6.79. The summed E-state index contributed by atoms with van der Waals surface area (Å²) in [6.45, 7) is 2.40. The van der Waals surface area contributed by atoms with Gasteiger partial charge in [0.05, 0.1) is 11.3 Å². The minimum atomic E-state index is -0.755. The minimum Gasteiger partial charge on any atom is -0.381 e. The lowest BCUT2D eigenvalue weighted by Crippen LogP contribution is -2.23. The monoisotopic (exact) mass is 249 g/mol. The maximum atomic E-state index is 13.5. The van der Waals surface area contributed by atoms with Crippen LogP contribution in [0.4, 0.5) is 10.1 Å². The second kappa shape index (κ2) is 5.64. The molecule has 1 aromatic rings. The number of primary amides is 1. The number of anilines is 1. The van der Waals surface area contributed by atoms with Crippen LogP contribution in [0.1, 0.15) is 16.8 Å². The van der Waals surface area contributed by atoms with Crippen molar-refractivity contribution >= 4 is 11.6 Å². The number of carbonyl (C=O) groups excluding carboxylic acids is 1. The van der Waals surface area contributed by atoms with Crippen molar-refractivity contribution in [3.05, 3.63) is 41.2 Å². The minimum absolute atomic E-state index is 0.0768. The van der Waals surface area contributed by atoms with Crippen molar-refractivity contribution in [3.8, 4) is 0 Å². The lowest BCUT2D eigenvalue weighted by molar-refractivity contribution is 0.0997. The van der Waals surface area contributed by atoms with Gasteiger partial charge in [0.2, 0.25) is 0 Å². The summed E-state index contributed by atoms with van der Waals surface area (Å²) in [5, 5.41) is 6.28. The Morgan fingerprint density at radius 1 is 1.50 bits per heavy atom. The normalized spacial score (nSPS) is 15.1. The van der Waals surface area contributed by atoms with Crippen LogP contribution < -0.4 is 16.4 Å². The first-order chi connectivity index (χ1) is 8.68. The van der Waals surface area contributed by atoms with Crippen LogP contribution in [0.3, 0.4) is 0 Å². The van der Waals surface area contributed by atoms with Gasteiger partial charge in [-0.1, -0.05) is 17.7 Å². The van der Waals surface area contributed by atoms with E-state index < -0.39 is 11.7 Å². The lowest BCUT2D eigenvalue weighted by Gasteiger charge is -2.16. The van der Waals surface area contributed by atoms with Gasteiger partial charge in [-0.05, 0) is 25.1 Å². The average molecular weight is 249 g/mol. The number of nitrogens with two attached hydrogens (primary N) is 1. The molecule has 0 aliphatic carbocycles. The fourth-order valence-electron chi connectivity index (χ4n) is 1.96. The molecule has 0 spiro atoms. The van der Waals surface area contributed by atoms with Crippen LogP contribution >= 0.6 is 0 Å². The first-order valence-electron chi connectivity index (χ1n) is 5.89. The molecule has 0 saturated heterocycles. The van der Waals surface area contributed by atoms with Crippen molar-refractivity contribution in [1.82, 2.24) is 5.32 Å². The predicted molar refractivity (Wildman–Crippen MR) is 69.0 cm³/mol. The molecule has 96 valence electrons. The zero-order chi connectivity index (χ0) is 13.0. The number of carbonyl (C=O) groups is 1. The molecule has 0 aromatic heterocycles. The summed E-state index contributed by atoms with van der Waals surface area (Å²) in [5.74, 6) is -1.35. The first-order valence-corrected chi connectivity index (χ1v) is 5.89. The van der Waals surface area contributed by atoms with Crippen molar-refractivity contribution in [2.45, 2.75) is 6.42 Å². The Labute approximate surface area is 105 Å². The maximum Gasteiger partial charge on any atom is 0.253 e. The van der Waals surface area contributed by atoms with E-state index in [4.69, 9.17) is 5.73 Å². The van der Waals surface area contributed by atoms with Gasteiger partial charge in [0.25, 0.3) is 5.91 Å². The zero-order valence-corrected chi connectivity index (χ0v) is 10.0. The van der Waals surface area contributed by atoms with E-state index in [1.807, 2.05) is 0 Å². The second-order valence-electron chi connectivity index (χ2n) is 4.20. The fourth-order valence-corrected chi connectivity index (χ4v) is 1.96. The molecule has 0 saturated carbocycles. The summed E-state index contributed by atoms with van der Waals surface area (Å²) in [6, 6.07) is 4.45. The van der Waals surface area contributed by atoms with Gasteiger partial charge in [-0.15, -0.1) is 0 Å². The molecule has 0 unspecified atom stereocenters. The number of benzene rings is 1. The van der Waals surface area contributed by atoms with E-state index in [1.54, 1.807) is 12.1 Å². The van der Waals surface area contributed by atoms with E-state index in [-0.39, 0.29) is 5.56 Å². The molecule has 1 heterocycles. The molecule has 0 bridgehead atoms. The molecular weight excluding hydrogens is 233 g/mol. The SMILES string of the molecule is NC(=O)c1c(F)cccc1NCC1=CCNCC1. The van der Waals surface area contributed by atoms with Crippen LogP contribution in [0.5, 0.6) is 0 Å². The third kappa shape index (κ3) is 2.87. The summed E-state index contributed by atoms with van der Waals surface area (Å²) in [6.07, 6.45) is 3.05. The molecule has 1 aromatic carbocycles. The molecule has 1 aliphatic rings. The third-order valence-electron chi connectivity index (χ3n) is 2.92. The van der Waals surface area contributed by atoms with Crippen LogP contribution in [0.15, 0.2) is 29.8 Å². The molecule has 2 rings (SSSR count). The van der Waals surface area contributed by atoms with Gasteiger partial charge < -0.3 is 16.4 Å². The number of hydrogen-bond acceptors (Lipinski definition) is 3. The molecule has 0 radical (unpaired) electrons. The quantitative estimate of drug-likeness (QED) is 0.704. The van der Waals surface area contributed by atoms with Crippen LogP contribution in [0, 0.1) is 5.82 Å². The second-order valence-corrected chi connectivity index (χ2v) is 4.20. The molecule has 1 amide bonds. The molecule has 4 N–H and O–H groups in total. The molecule has 0 atom stereocenters. The van der Waals surface area contributed by atoms with Crippen molar-refractivity contribution < 1.29 is 9.18 Å². The van der Waals surface area contributed by atoms with Gasteiger partial charge in [-0.2, -0.15) is 0 Å².